The van der Waals surface area contributed by atoms with Crippen LogP contribution < -0.4 is 5.32 Å². The van der Waals surface area contributed by atoms with Gasteiger partial charge in [-0.1, -0.05) is 108 Å². The predicted molar refractivity (Wildman–Crippen MR) is 134 cm³/mol. The second kappa shape index (κ2) is 21.9. The maximum absolute atomic E-state index is 11.6. The normalized spacial score (nSPS) is 11.4. The fourth-order valence-electron chi connectivity index (χ4n) is 3.73. The van der Waals surface area contributed by atoms with Crippen molar-refractivity contribution in [2.45, 2.75) is 142 Å². The summed E-state index contributed by atoms with van der Waals surface area (Å²) in [6.45, 7) is 6.43. The molecule has 0 saturated carbocycles. The van der Waals surface area contributed by atoms with Crippen LogP contribution in [0.25, 0.3) is 0 Å². The Morgan fingerprint density at radius 2 is 1.03 bits per heavy atom. The average molecular weight is 476 g/mol. The summed E-state index contributed by atoms with van der Waals surface area (Å²) in [4.78, 5) is 22.7. The quantitative estimate of drug-likeness (QED) is 0.103. The minimum atomic E-state index is -0.424. The van der Waals surface area contributed by atoms with E-state index in [2.05, 4.69) is 10.1 Å². The smallest absolute Gasteiger partial charge is 0.408 e. The van der Waals surface area contributed by atoms with Crippen molar-refractivity contribution in [1.82, 2.24) is 5.32 Å². The topological polar surface area (TPSA) is 64.6 Å². The lowest BCUT2D eigenvalue weighted by atomic mass is 10.0. The van der Waals surface area contributed by atoms with E-state index < -0.39 is 6.09 Å². The summed E-state index contributed by atoms with van der Waals surface area (Å²) in [6.07, 6.45) is 21.7. The Balaban J connectivity index is 3.15. The highest BCUT2D eigenvalue weighted by Crippen LogP contribution is 2.15. The molecule has 6 heteroatoms. The van der Waals surface area contributed by atoms with E-state index in [1.54, 1.807) is 0 Å². The van der Waals surface area contributed by atoms with Crippen LogP contribution in [0.3, 0.4) is 0 Å². The third-order valence-corrected chi connectivity index (χ3v) is 5.54. The molecule has 0 unspecified atom stereocenters. The molecule has 190 valence electrons. The summed E-state index contributed by atoms with van der Waals surface area (Å²) in [5, 5.41) is 2.69. The van der Waals surface area contributed by atoms with E-state index in [9.17, 15) is 9.59 Å². The second-order valence-electron chi connectivity index (χ2n) is 9.81. The summed E-state index contributed by atoms with van der Waals surface area (Å²) in [5.74, 6) is -0.0609. The van der Waals surface area contributed by atoms with Gasteiger partial charge in [0.05, 0.1) is 0 Å². The van der Waals surface area contributed by atoms with E-state index >= 15 is 0 Å². The van der Waals surface area contributed by atoms with Crippen molar-refractivity contribution in [3.8, 4) is 0 Å². The van der Waals surface area contributed by atoms with Crippen LogP contribution >= 0.6 is 11.6 Å². The number of esters is 1. The van der Waals surface area contributed by atoms with Crippen LogP contribution in [0.4, 0.5) is 4.79 Å². The first-order valence-electron chi connectivity index (χ1n) is 13.0. The molecule has 0 radical (unpaired) electrons. The number of hydrogen-bond acceptors (Lipinski definition) is 4. The van der Waals surface area contributed by atoms with E-state index in [1.807, 2.05) is 20.8 Å². The Labute approximate surface area is 202 Å². The summed E-state index contributed by atoms with van der Waals surface area (Å²) in [7, 11) is 0. The Kier molecular flexibility index (Phi) is 21.2. The number of alkyl halides is 1. The van der Waals surface area contributed by atoms with Crippen LogP contribution in [0.2, 0.25) is 0 Å². The molecular weight excluding hydrogens is 426 g/mol. The van der Waals surface area contributed by atoms with Crippen molar-refractivity contribution in [2.75, 3.05) is 12.6 Å². The second-order valence-corrected chi connectivity index (χ2v) is 10.0. The van der Waals surface area contributed by atoms with E-state index in [0.717, 1.165) is 25.7 Å². The molecule has 5 nitrogen and oxygen atoms in total. The first-order chi connectivity index (χ1) is 15.3. The SMILES string of the molecule is CC(C)(C)OC(=O)CCCCCCCCCCCCCCCCCCCNC(=O)OCCl. The van der Waals surface area contributed by atoms with Gasteiger partial charge in [-0.2, -0.15) is 0 Å². The number of unbranched alkanes of at least 4 members (excludes halogenated alkanes) is 16. The van der Waals surface area contributed by atoms with Crippen LogP contribution in [0.1, 0.15) is 136 Å². The standard InChI is InChI=1S/C26H50ClNO4/c1-26(2,3)32-24(29)21-19-17-15-13-11-9-7-5-4-6-8-10-12-14-16-18-20-22-28-25(30)31-23-27/h4-23H2,1-3H3,(H,28,30). The molecule has 0 aromatic rings. The van der Waals surface area contributed by atoms with Gasteiger partial charge in [-0.15, -0.1) is 0 Å². The van der Waals surface area contributed by atoms with Gasteiger partial charge >= 0.3 is 12.1 Å². The van der Waals surface area contributed by atoms with Gasteiger partial charge < -0.3 is 14.8 Å². The lowest BCUT2D eigenvalue weighted by Crippen LogP contribution is -2.24. The zero-order valence-electron chi connectivity index (χ0n) is 21.2. The summed E-state index contributed by atoms with van der Waals surface area (Å²) >= 11 is 5.31. The zero-order valence-corrected chi connectivity index (χ0v) is 21.9. The lowest BCUT2D eigenvalue weighted by molar-refractivity contribution is -0.154. The molecule has 0 rings (SSSR count). The summed E-state index contributed by atoms with van der Waals surface area (Å²) < 4.78 is 9.93. The van der Waals surface area contributed by atoms with E-state index in [-0.39, 0.29) is 17.6 Å². The third-order valence-electron chi connectivity index (χ3n) is 5.43. The number of carbonyl (C=O) groups is 2. The molecule has 0 aliphatic rings. The van der Waals surface area contributed by atoms with Gasteiger partial charge in [0.25, 0.3) is 0 Å². The van der Waals surface area contributed by atoms with E-state index in [0.29, 0.717) is 13.0 Å². The van der Waals surface area contributed by atoms with Crippen molar-refractivity contribution in [3.63, 3.8) is 0 Å². The fourth-order valence-corrected chi connectivity index (χ4v) is 3.83. The van der Waals surface area contributed by atoms with Gasteiger partial charge in [0.1, 0.15) is 5.60 Å². The molecule has 0 bridgehead atoms. The number of alkyl carbamates (subject to hydrolysis) is 1. The minimum absolute atomic E-state index is 0.0609. The molecule has 0 atom stereocenters. The molecule has 0 aromatic carbocycles. The van der Waals surface area contributed by atoms with Gasteiger partial charge in [0.15, 0.2) is 6.07 Å². The number of ether oxygens (including phenoxy) is 2. The average Bonchev–Trinajstić information content (AvgIpc) is 2.71. The monoisotopic (exact) mass is 475 g/mol. The molecule has 0 aliphatic heterocycles. The Morgan fingerprint density at radius 1 is 0.656 bits per heavy atom. The van der Waals surface area contributed by atoms with E-state index in [4.69, 9.17) is 16.3 Å². The maximum Gasteiger partial charge on any atom is 0.408 e. The third kappa shape index (κ3) is 25.3. The highest BCUT2D eigenvalue weighted by molar-refractivity contribution is 6.17. The highest BCUT2D eigenvalue weighted by Gasteiger charge is 2.15. The van der Waals surface area contributed by atoms with Crippen LogP contribution in [0, 0.1) is 0 Å². The molecule has 0 aliphatic carbocycles. The van der Waals surface area contributed by atoms with Crippen LogP contribution in [-0.2, 0) is 14.3 Å². The van der Waals surface area contributed by atoms with Crippen LogP contribution in [0.5, 0.6) is 0 Å². The van der Waals surface area contributed by atoms with Crippen LogP contribution in [-0.4, -0.2) is 30.3 Å². The molecule has 32 heavy (non-hydrogen) atoms. The first-order valence-corrected chi connectivity index (χ1v) is 13.6. The minimum Gasteiger partial charge on any atom is -0.460 e. The lowest BCUT2D eigenvalue weighted by Gasteiger charge is -2.19. The predicted octanol–water partition coefficient (Wildman–Crippen LogP) is 8.27. The van der Waals surface area contributed by atoms with Crippen molar-refractivity contribution >= 4 is 23.7 Å². The molecular formula is C26H50ClNO4. The molecule has 1 N–H and O–H groups in total. The Hall–Kier alpha value is -0.970. The van der Waals surface area contributed by atoms with Crippen molar-refractivity contribution in [2.24, 2.45) is 0 Å². The molecule has 0 saturated heterocycles. The highest BCUT2D eigenvalue weighted by atomic mass is 35.5. The van der Waals surface area contributed by atoms with Gasteiger partial charge in [0.2, 0.25) is 0 Å². The molecule has 0 heterocycles. The van der Waals surface area contributed by atoms with Crippen molar-refractivity contribution in [3.05, 3.63) is 0 Å². The molecule has 0 fully saturated rings. The number of rotatable bonds is 21. The number of halogens is 1. The fraction of sp³-hybridized carbons (Fsp3) is 0.923. The molecule has 0 aromatic heterocycles. The zero-order chi connectivity index (χ0) is 23.9. The van der Waals surface area contributed by atoms with Gasteiger partial charge in [-0.25, -0.2) is 4.79 Å². The van der Waals surface area contributed by atoms with E-state index in [1.165, 1.54) is 83.5 Å². The summed E-state index contributed by atoms with van der Waals surface area (Å²) in [6, 6.07) is -0.0915. The number of hydrogen-bond donors (Lipinski definition) is 1. The number of amides is 1. The van der Waals surface area contributed by atoms with Crippen molar-refractivity contribution in [1.29, 1.82) is 0 Å². The van der Waals surface area contributed by atoms with Gasteiger partial charge in [-0.05, 0) is 33.6 Å². The van der Waals surface area contributed by atoms with Crippen molar-refractivity contribution < 1.29 is 19.1 Å². The molecule has 0 spiro atoms. The first kappa shape index (κ1) is 31.0. The Morgan fingerprint density at radius 3 is 1.41 bits per heavy atom. The number of carbonyl (C=O) groups excluding carboxylic acids is 2. The maximum atomic E-state index is 11.6. The van der Waals surface area contributed by atoms with Gasteiger partial charge in [-0.3, -0.25) is 4.79 Å². The number of nitrogens with one attached hydrogen (secondary N) is 1. The van der Waals surface area contributed by atoms with Crippen LogP contribution in [0.15, 0.2) is 0 Å². The van der Waals surface area contributed by atoms with Gasteiger partial charge in [0, 0.05) is 13.0 Å². The summed E-state index contributed by atoms with van der Waals surface area (Å²) in [5.41, 5.74) is -0.361. The Bertz CT molecular complexity index is 452. The molecule has 1 amide bonds. The largest absolute Gasteiger partial charge is 0.460 e.